The molecule has 0 saturated carbocycles. The van der Waals surface area contributed by atoms with E-state index in [1.54, 1.807) is 48.8 Å². The summed E-state index contributed by atoms with van der Waals surface area (Å²) in [7, 11) is 0. The Morgan fingerprint density at radius 1 is 1.00 bits per heavy atom. The normalized spacial score (nSPS) is 11.4. The number of carbonyl (C=O) groups is 1. The van der Waals surface area contributed by atoms with Crippen LogP contribution in [-0.2, 0) is 10.3 Å². The van der Waals surface area contributed by atoms with Gasteiger partial charge < -0.3 is 4.74 Å². The van der Waals surface area contributed by atoms with Gasteiger partial charge in [-0.2, -0.15) is 0 Å². The van der Waals surface area contributed by atoms with Crippen LogP contribution in [0, 0.1) is 5.82 Å². The van der Waals surface area contributed by atoms with Gasteiger partial charge in [-0.1, -0.05) is 24.3 Å². The summed E-state index contributed by atoms with van der Waals surface area (Å²) in [6.45, 7) is 3.62. The van der Waals surface area contributed by atoms with Crippen LogP contribution in [0.4, 0.5) is 4.39 Å². The smallest absolute Gasteiger partial charge is 0.339 e. The lowest BCUT2D eigenvalue weighted by molar-refractivity contribution is -0.00293. The van der Waals surface area contributed by atoms with E-state index in [1.165, 1.54) is 12.1 Å². The number of benzene rings is 2. The molecule has 0 aliphatic carbocycles. The van der Waals surface area contributed by atoms with E-state index in [1.807, 2.05) is 13.8 Å². The Balaban J connectivity index is 1.97. The predicted molar refractivity (Wildman–Crippen MR) is 86.6 cm³/mol. The third kappa shape index (κ3) is 2.93. The summed E-state index contributed by atoms with van der Waals surface area (Å²) >= 11 is 0. The first-order valence-electron chi connectivity index (χ1n) is 7.30. The summed E-state index contributed by atoms with van der Waals surface area (Å²) in [5, 5.41) is 0.951. The maximum absolute atomic E-state index is 13.9. The number of fused-ring (bicyclic) bond motifs is 1. The standard InChI is InChI=1S/C19H16FNO2/c1-19(2,13-9-11-21-12-10-13)23-18(22)16-7-8-17(20)15-6-4-3-5-14(15)16/h3-12H,1-2H3. The Labute approximate surface area is 133 Å². The van der Waals surface area contributed by atoms with Gasteiger partial charge in [0, 0.05) is 17.8 Å². The number of nitrogens with zero attached hydrogens (tertiary/aromatic N) is 1. The molecule has 0 unspecified atom stereocenters. The average molecular weight is 309 g/mol. The fourth-order valence-corrected chi connectivity index (χ4v) is 2.54. The van der Waals surface area contributed by atoms with E-state index in [4.69, 9.17) is 4.74 Å². The third-order valence-electron chi connectivity index (χ3n) is 3.81. The van der Waals surface area contributed by atoms with Crippen LogP contribution in [0.2, 0.25) is 0 Å². The third-order valence-corrected chi connectivity index (χ3v) is 3.81. The minimum atomic E-state index is -0.810. The number of rotatable bonds is 3. The summed E-state index contributed by atoms with van der Waals surface area (Å²) in [5.41, 5.74) is 0.381. The number of hydrogen-bond acceptors (Lipinski definition) is 3. The molecule has 0 spiro atoms. The van der Waals surface area contributed by atoms with Crippen molar-refractivity contribution in [2.75, 3.05) is 0 Å². The second kappa shape index (κ2) is 5.80. The molecule has 3 aromatic rings. The van der Waals surface area contributed by atoms with Crippen molar-refractivity contribution in [2.45, 2.75) is 19.4 Å². The summed E-state index contributed by atoms with van der Waals surface area (Å²) in [4.78, 5) is 16.6. The topological polar surface area (TPSA) is 39.2 Å². The first-order valence-corrected chi connectivity index (χ1v) is 7.30. The van der Waals surface area contributed by atoms with Crippen LogP contribution < -0.4 is 0 Å². The average Bonchev–Trinajstić information content (AvgIpc) is 2.56. The summed E-state index contributed by atoms with van der Waals surface area (Å²) in [6, 6.07) is 13.2. The van der Waals surface area contributed by atoms with E-state index >= 15 is 0 Å². The van der Waals surface area contributed by atoms with Gasteiger partial charge in [0.05, 0.1) is 5.56 Å². The molecule has 0 N–H and O–H groups in total. The number of esters is 1. The first-order chi connectivity index (χ1) is 11.0. The van der Waals surface area contributed by atoms with Crippen molar-refractivity contribution in [3.05, 3.63) is 77.9 Å². The molecule has 1 aromatic heterocycles. The molecular formula is C19H16FNO2. The van der Waals surface area contributed by atoms with Gasteiger partial charge in [0.25, 0.3) is 0 Å². The minimum absolute atomic E-state index is 0.351. The number of carbonyl (C=O) groups excluding carboxylic acids is 1. The Morgan fingerprint density at radius 3 is 2.35 bits per heavy atom. The van der Waals surface area contributed by atoms with Crippen molar-refractivity contribution >= 4 is 16.7 Å². The first kappa shape index (κ1) is 15.2. The van der Waals surface area contributed by atoms with E-state index < -0.39 is 11.6 Å². The monoisotopic (exact) mass is 309 g/mol. The van der Waals surface area contributed by atoms with Crippen LogP contribution in [0.3, 0.4) is 0 Å². The van der Waals surface area contributed by atoms with E-state index in [0.29, 0.717) is 16.3 Å². The number of aromatic nitrogens is 1. The highest BCUT2D eigenvalue weighted by atomic mass is 19.1. The number of halogens is 1. The quantitative estimate of drug-likeness (QED) is 0.670. The molecule has 0 radical (unpaired) electrons. The molecule has 0 aliphatic heterocycles. The highest BCUT2D eigenvalue weighted by Gasteiger charge is 2.27. The van der Waals surface area contributed by atoms with Gasteiger partial charge in [-0.05, 0) is 49.1 Å². The number of hydrogen-bond donors (Lipinski definition) is 0. The van der Waals surface area contributed by atoms with Crippen LogP contribution in [0.1, 0.15) is 29.8 Å². The zero-order valence-corrected chi connectivity index (χ0v) is 12.9. The Kier molecular flexibility index (Phi) is 3.82. The highest BCUT2D eigenvalue weighted by molar-refractivity contribution is 6.04. The van der Waals surface area contributed by atoms with Crippen molar-refractivity contribution in [3.63, 3.8) is 0 Å². The Bertz CT molecular complexity index is 860. The molecular weight excluding hydrogens is 293 g/mol. The Morgan fingerprint density at radius 2 is 1.65 bits per heavy atom. The van der Waals surface area contributed by atoms with Gasteiger partial charge in [-0.25, -0.2) is 9.18 Å². The van der Waals surface area contributed by atoms with E-state index in [2.05, 4.69) is 4.98 Å². The van der Waals surface area contributed by atoms with E-state index in [9.17, 15) is 9.18 Å². The van der Waals surface area contributed by atoms with E-state index in [-0.39, 0.29) is 5.82 Å². The lowest BCUT2D eigenvalue weighted by Crippen LogP contribution is -2.25. The van der Waals surface area contributed by atoms with Gasteiger partial charge in [-0.15, -0.1) is 0 Å². The largest absolute Gasteiger partial charge is 0.451 e. The van der Waals surface area contributed by atoms with Crippen molar-refractivity contribution in [2.24, 2.45) is 0 Å². The van der Waals surface area contributed by atoms with Crippen LogP contribution in [0.5, 0.6) is 0 Å². The van der Waals surface area contributed by atoms with Crippen LogP contribution >= 0.6 is 0 Å². The van der Waals surface area contributed by atoms with Crippen molar-refractivity contribution < 1.29 is 13.9 Å². The summed E-state index contributed by atoms with van der Waals surface area (Å²) in [5.74, 6) is -0.839. The maximum atomic E-state index is 13.9. The molecule has 2 aromatic carbocycles. The molecule has 0 bridgehead atoms. The zero-order chi connectivity index (χ0) is 16.4. The molecule has 0 amide bonds. The minimum Gasteiger partial charge on any atom is -0.451 e. The second-order valence-corrected chi connectivity index (χ2v) is 5.78. The van der Waals surface area contributed by atoms with Crippen molar-refractivity contribution in [3.8, 4) is 0 Å². The molecule has 0 saturated heterocycles. The van der Waals surface area contributed by atoms with E-state index in [0.717, 1.165) is 5.56 Å². The van der Waals surface area contributed by atoms with Gasteiger partial charge in [0.15, 0.2) is 0 Å². The fraction of sp³-hybridized carbons (Fsp3) is 0.158. The highest BCUT2D eigenvalue weighted by Crippen LogP contribution is 2.28. The molecule has 116 valence electrons. The summed E-state index contributed by atoms with van der Waals surface area (Å²) in [6.07, 6.45) is 3.30. The maximum Gasteiger partial charge on any atom is 0.339 e. The molecule has 4 heteroatoms. The van der Waals surface area contributed by atoms with Gasteiger partial charge in [-0.3, -0.25) is 4.98 Å². The van der Waals surface area contributed by atoms with Gasteiger partial charge in [0.1, 0.15) is 11.4 Å². The number of pyridine rings is 1. The summed E-state index contributed by atoms with van der Waals surface area (Å²) < 4.78 is 19.5. The molecule has 0 atom stereocenters. The van der Waals surface area contributed by atoms with Gasteiger partial charge in [0.2, 0.25) is 0 Å². The second-order valence-electron chi connectivity index (χ2n) is 5.78. The fourth-order valence-electron chi connectivity index (χ4n) is 2.54. The molecule has 0 fully saturated rings. The lowest BCUT2D eigenvalue weighted by Gasteiger charge is -2.25. The van der Waals surface area contributed by atoms with Crippen LogP contribution in [-0.4, -0.2) is 11.0 Å². The molecule has 0 aliphatic rings. The Hall–Kier alpha value is -2.75. The zero-order valence-electron chi connectivity index (χ0n) is 12.9. The van der Waals surface area contributed by atoms with Crippen molar-refractivity contribution in [1.82, 2.24) is 4.98 Å². The molecule has 3 rings (SSSR count). The van der Waals surface area contributed by atoms with Crippen LogP contribution in [0.25, 0.3) is 10.8 Å². The predicted octanol–water partition coefficient (Wildman–Crippen LogP) is 4.47. The van der Waals surface area contributed by atoms with Gasteiger partial charge >= 0.3 is 5.97 Å². The molecule has 3 nitrogen and oxygen atoms in total. The molecule has 23 heavy (non-hydrogen) atoms. The SMILES string of the molecule is CC(C)(OC(=O)c1ccc(F)c2ccccc12)c1ccncc1. The van der Waals surface area contributed by atoms with Crippen molar-refractivity contribution in [1.29, 1.82) is 0 Å². The molecule has 1 heterocycles. The van der Waals surface area contributed by atoms with Crippen LogP contribution in [0.15, 0.2) is 60.9 Å². The number of ether oxygens (including phenoxy) is 1. The lowest BCUT2D eigenvalue weighted by atomic mass is 9.99.